The Morgan fingerprint density at radius 2 is 1.84 bits per heavy atom. The molecule has 0 radical (unpaired) electrons. The minimum atomic E-state index is -0.704. The Morgan fingerprint density at radius 3 is 2.40 bits per heavy atom. The number of carbonyl (C=O) groups excluding carboxylic acids is 3. The van der Waals surface area contributed by atoms with Gasteiger partial charge in [0.05, 0.1) is 18.9 Å². The molecule has 6 nitrogen and oxygen atoms in total. The second-order valence-electron chi connectivity index (χ2n) is 6.05. The second-order valence-corrected chi connectivity index (χ2v) is 6.05. The number of fused-ring (bicyclic) bond motifs is 1. The Balaban J connectivity index is 1.57. The molecular formula is C18H18FNO5. The molecule has 1 saturated heterocycles. The highest BCUT2D eigenvalue weighted by atomic mass is 19.1. The van der Waals surface area contributed by atoms with Crippen LogP contribution in [0.5, 0.6) is 5.75 Å². The number of hydrogen-bond acceptors (Lipinski definition) is 5. The van der Waals surface area contributed by atoms with E-state index in [-0.39, 0.29) is 36.0 Å². The van der Waals surface area contributed by atoms with E-state index in [4.69, 9.17) is 9.47 Å². The summed E-state index contributed by atoms with van der Waals surface area (Å²) in [6.07, 6.45) is 4.80. The van der Waals surface area contributed by atoms with Crippen molar-refractivity contribution in [2.45, 2.75) is 19.4 Å². The number of methoxy groups -OCH3 is 1. The summed E-state index contributed by atoms with van der Waals surface area (Å²) < 4.78 is 23.5. The summed E-state index contributed by atoms with van der Waals surface area (Å²) in [6, 6.07) is 4.21. The van der Waals surface area contributed by atoms with Gasteiger partial charge in [0, 0.05) is 0 Å². The van der Waals surface area contributed by atoms with E-state index in [1.807, 2.05) is 12.2 Å². The molecule has 1 aromatic rings. The van der Waals surface area contributed by atoms with Crippen LogP contribution < -0.4 is 4.74 Å². The first-order chi connectivity index (χ1) is 12.0. The average Bonchev–Trinajstić information content (AvgIpc) is 2.85. The number of carbonyl (C=O) groups is 3. The molecule has 132 valence electrons. The Labute approximate surface area is 144 Å². The van der Waals surface area contributed by atoms with E-state index in [1.54, 1.807) is 6.07 Å². The number of benzene rings is 1. The van der Waals surface area contributed by atoms with Gasteiger partial charge in [0.2, 0.25) is 11.8 Å². The van der Waals surface area contributed by atoms with E-state index in [2.05, 4.69) is 0 Å². The predicted molar refractivity (Wildman–Crippen MR) is 84.8 cm³/mol. The van der Waals surface area contributed by atoms with E-state index >= 15 is 0 Å². The molecule has 0 bridgehead atoms. The fourth-order valence-electron chi connectivity index (χ4n) is 3.16. The first kappa shape index (κ1) is 17.1. The van der Waals surface area contributed by atoms with Crippen molar-refractivity contribution >= 4 is 17.8 Å². The smallest absolute Gasteiger partial charge is 0.326 e. The van der Waals surface area contributed by atoms with Crippen LogP contribution in [0.4, 0.5) is 4.39 Å². The lowest BCUT2D eigenvalue weighted by Gasteiger charge is -2.14. The highest BCUT2D eigenvalue weighted by Gasteiger charge is 2.47. The quantitative estimate of drug-likeness (QED) is 0.462. The number of hydrogen-bond donors (Lipinski definition) is 0. The Bertz CT molecular complexity index is 719. The van der Waals surface area contributed by atoms with Gasteiger partial charge in [-0.25, -0.2) is 4.39 Å². The van der Waals surface area contributed by atoms with Crippen LogP contribution in [0.25, 0.3) is 0 Å². The van der Waals surface area contributed by atoms with E-state index in [0.29, 0.717) is 18.4 Å². The molecule has 1 heterocycles. The zero-order chi connectivity index (χ0) is 18.0. The van der Waals surface area contributed by atoms with E-state index in [0.717, 1.165) is 4.90 Å². The fourth-order valence-corrected chi connectivity index (χ4v) is 3.16. The van der Waals surface area contributed by atoms with Crippen molar-refractivity contribution in [3.63, 3.8) is 0 Å². The summed E-state index contributed by atoms with van der Waals surface area (Å²) >= 11 is 0. The van der Waals surface area contributed by atoms with Crippen molar-refractivity contribution in [1.82, 2.24) is 4.90 Å². The van der Waals surface area contributed by atoms with Crippen molar-refractivity contribution in [2.24, 2.45) is 11.8 Å². The number of likely N-dealkylation sites (tertiary alicyclic amines) is 1. The molecule has 0 saturated carbocycles. The molecule has 1 aromatic carbocycles. The van der Waals surface area contributed by atoms with E-state index < -0.39 is 18.3 Å². The minimum absolute atomic E-state index is 0.0968. The van der Waals surface area contributed by atoms with Crippen LogP contribution in [0.2, 0.25) is 0 Å². The van der Waals surface area contributed by atoms with Gasteiger partial charge in [-0.2, -0.15) is 0 Å². The maximum atomic E-state index is 13.6. The topological polar surface area (TPSA) is 72.9 Å². The summed E-state index contributed by atoms with van der Waals surface area (Å²) in [5.74, 6) is -2.57. The lowest BCUT2D eigenvalue weighted by Crippen LogP contribution is -2.36. The zero-order valence-electron chi connectivity index (χ0n) is 13.7. The maximum Gasteiger partial charge on any atom is 0.326 e. The van der Waals surface area contributed by atoms with Gasteiger partial charge in [-0.3, -0.25) is 19.3 Å². The minimum Gasteiger partial charge on any atom is -0.494 e. The molecule has 0 aromatic heterocycles. The fraction of sp³-hybridized carbons (Fsp3) is 0.389. The Morgan fingerprint density at radius 1 is 1.20 bits per heavy atom. The van der Waals surface area contributed by atoms with E-state index in [1.165, 1.54) is 19.2 Å². The highest BCUT2D eigenvalue weighted by Crippen LogP contribution is 2.34. The molecule has 0 spiro atoms. The number of rotatable bonds is 5. The van der Waals surface area contributed by atoms with Gasteiger partial charge in [-0.15, -0.1) is 0 Å². The third-order valence-corrected chi connectivity index (χ3v) is 4.50. The number of ether oxygens (including phenoxy) is 2. The van der Waals surface area contributed by atoms with Crippen molar-refractivity contribution < 1.29 is 28.2 Å². The Hall–Kier alpha value is -2.70. The highest BCUT2D eigenvalue weighted by molar-refractivity contribution is 6.07. The maximum absolute atomic E-state index is 13.6. The number of amides is 2. The van der Waals surface area contributed by atoms with Crippen LogP contribution in [0.1, 0.15) is 18.4 Å². The second kappa shape index (κ2) is 7.04. The number of nitrogens with zero attached hydrogens (tertiary/aromatic N) is 1. The van der Waals surface area contributed by atoms with Crippen LogP contribution in [-0.2, 0) is 25.7 Å². The van der Waals surface area contributed by atoms with Gasteiger partial charge in [-0.05, 0) is 30.5 Å². The lowest BCUT2D eigenvalue weighted by atomic mass is 9.85. The van der Waals surface area contributed by atoms with Crippen LogP contribution in [-0.4, -0.2) is 36.3 Å². The largest absolute Gasteiger partial charge is 0.494 e. The third-order valence-electron chi connectivity index (χ3n) is 4.50. The molecule has 3 rings (SSSR count). The van der Waals surface area contributed by atoms with Gasteiger partial charge in [0.15, 0.2) is 11.6 Å². The molecule has 0 unspecified atom stereocenters. The van der Waals surface area contributed by atoms with Crippen LogP contribution in [0, 0.1) is 17.7 Å². The summed E-state index contributed by atoms with van der Waals surface area (Å²) in [7, 11) is 1.36. The molecule has 1 fully saturated rings. The lowest BCUT2D eigenvalue weighted by molar-refractivity contribution is -0.153. The number of allylic oxidation sites excluding steroid dienone is 2. The molecule has 1 aliphatic heterocycles. The van der Waals surface area contributed by atoms with Crippen molar-refractivity contribution in [3.05, 3.63) is 41.7 Å². The normalized spacial score (nSPS) is 22.1. The monoisotopic (exact) mass is 347 g/mol. The standard InChI is InChI=1S/C18H18FNO5/c1-24-15-7-6-11(8-14(15)19)10-25-16(21)9-20-17(22)12-4-2-3-5-13(12)18(20)23/h2-3,6-8,12-13H,4-5,9-10H2,1H3/t12-,13-/m0/s1. The van der Waals surface area contributed by atoms with Gasteiger partial charge in [0.25, 0.3) is 0 Å². The first-order valence-corrected chi connectivity index (χ1v) is 7.99. The molecule has 1 aliphatic carbocycles. The molecule has 2 atom stereocenters. The molecule has 7 heteroatoms. The summed E-state index contributed by atoms with van der Waals surface area (Å²) in [6.45, 7) is -0.562. The molecule has 25 heavy (non-hydrogen) atoms. The van der Waals surface area contributed by atoms with Crippen molar-refractivity contribution in [1.29, 1.82) is 0 Å². The molecular weight excluding hydrogens is 329 g/mol. The number of halogens is 1. The van der Waals surface area contributed by atoms with Crippen LogP contribution >= 0.6 is 0 Å². The number of imide groups is 1. The van der Waals surface area contributed by atoms with Gasteiger partial charge in [0.1, 0.15) is 13.2 Å². The molecule has 0 N–H and O–H groups in total. The summed E-state index contributed by atoms with van der Waals surface area (Å²) in [4.78, 5) is 37.5. The predicted octanol–water partition coefficient (Wildman–Crippen LogP) is 1.83. The number of esters is 1. The molecule has 2 amide bonds. The third kappa shape index (κ3) is 3.40. The Kier molecular flexibility index (Phi) is 4.83. The first-order valence-electron chi connectivity index (χ1n) is 7.99. The van der Waals surface area contributed by atoms with Crippen LogP contribution in [0.15, 0.2) is 30.4 Å². The van der Waals surface area contributed by atoms with Crippen LogP contribution in [0.3, 0.4) is 0 Å². The molecule has 2 aliphatic rings. The van der Waals surface area contributed by atoms with Gasteiger partial charge in [-0.1, -0.05) is 18.2 Å². The zero-order valence-corrected chi connectivity index (χ0v) is 13.7. The van der Waals surface area contributed by atoms with Gasteiger partial charge >= 0.3 is 5.97 Å². The SMILES string of the molecule is COc1ccc(COC(=O)CN2C(=O)[C@H]3CC=CC[C@@H]3C2=O)cc1F. The van der Waals surface area contributed by atoms with Crippen molar-refractivity contribution in [2.75, 3.05) is 13.7 Å². The average molecular weight is 347 g/mol. The van der Waals surface area contributed by atoms with Crippen molar-refractivity contribution in [3.8, 4) is 5.75 Å². The summed E-state index contributed by atoms with van der Waals surface area (Å²) in [5, 5.41) is 0. The van der Waals surface area contributed by atoms with Gasteiger partial charge < -0.3 is 9.47 Å². The van der Waals surface area contributed by atoms with E-state index in [9.17, 15) is 18.8 Å². The summed E-state index contributed by atoms with van der Waals surface area (Å²) in [5.41, 5.74) is 0.448.